The third-order valence-electron chi connectivity index (χ3n) is 3.76. The molecule has 0 aliphatic rings. The molecule has 0 fully saturated rings. The summed E-state index contributed by atoms with van der Waals surface area (Å²) < 4.78 is 12.3. The van der Waals surface area contributed by atoms with Gasteiger partial charge in [0, 0.05) is 5.56 Å². The van der Waals surface area contributed by atoms with E-state index in [1.165, 1.54) is 12.7 Å². The second-order valence-corrected chi connectivity index (χ2v) is 5.50. The SMILES string of the molecule is Cc1cc(-n2cncn2)ccc1C(=O)Oc1cccc(-c2nnco2)c1. The Morgan fingerprint density at radius 1 is 1.19 bits per heavy atom. The van der Waals surface area contributed by atoms with Crippen molar-refractivity contribution in [2.24, 2.45) is 0 Å². The zero-order valence-electron chi connectivity index (χ0n) is 13.7. The van der Waals surface area contributed by atoms with Crippen LogP contribution in [0.1, 0.15) is 15.9 Å². The highest BCUT2D eigenvalue weighted by molar-refractivity contribution is 5.93. The van der Waals surface area contributed by atoms with Crippen LogP contribution >= 0.6 is 0 Å². The maximum Gasteiger partial charge on any atom is 0.343 e. The number of benzene rings is 2. The number of esters is 1. The maximum atomic E-state index is 12.5. The minimum absolute atomic E-state index is 0.358. The van der Waals surface area contributed by atoms with Gasteiger partial charge in [-0.3, -0.25) is 0 Å². The molecule has 2 aromatic heterocycles. The summed E-state index contributed by atoms with van der Waals surface area (Å²) in [5.41, 5.74) is 2.73. The Balaban J connectivity index is 1.56. The first-order valence-corrected chi connectivity index (χ1v) is 7.75. The molecule has 0 bridgehead atoms. The Kier molecular flexibility index (Phi) is 3.98. The number of aryl methyl sites for hydroxylation is 1. The number of nitrogens with zero attached hydrogens (tertiary/aromatic N) is 5. The van der Waals surface area contributed by atoms with Crippen molar-refractivity contribution >= 4 is 5.97 Å². The van der Waals surface area contributed by atoms with Gasteiger partial charge in [0.2, 0.25) is 12.3 Å². The molecule has 0 spiro atoms. The number of rotatable bonds is 4. The zero-order chi connectivity index (χ0) is 17.9. The molecule has 2 aromatic carbocycles. The second-order valence-electron chi connectivity index (χ2n) is 5.50. The molecule has 0 saturated carbocycles. The summed E-state index contributed by atoms with van der Waals surface area (Å²) in [6, 6.07) is 12.2. The predicted molar refractivity (Wildman–Crippen MR) is 90.8 cm³/mol. The average molecular weight is 347 g/mol. The lowest BCUT2D eigenvalue weighted by molar-refractivity contribution is 0.0734. The van der Waals surface area contributed by atoms with Gasteiger partial charge in [0.05, 0.1) is 11.3 Å². The fourth-order valence-corrected chi connectivity index (χ4v) is 2.51. The van der Waals surface area contributed by atoms with Crippen molar-refractivity contribution in [3.8, 4) is 22.9 Å². The highest BCUT2D eigenvalue weighted by atomic mass is 16.5. The van der Waals surface area contributed by atoms with Crippen molar-refractivity contribution in [1.29, 1.82) is 0 Å². The Morgan fingerprint density at radius 3 is 2.85 bits per heavy atom. The summed E-state index contributed by atoms with van der Waals surface area (Å²) in [6.07, 6.45) is 4.29. The van der Waals surface area contributed by atoms with Gasteiger partial charge in [0.1, 0.15) is 18.4 Å². The van der Waals surface area contributed by atoms with E-state index in [1.54, 1.807) is 47.4 Å². The fraction of sp³-hybridized carbons (Fsp3) is 0.0556. The molecule has 4 aromatic rings. The number of carbonyl (C=O) groups is 1. The van der Waals surface area contributed by atoms with Gasteiger partial charge in [-0.05, 0) is 48.9 Å². The molecule has 4 rings (SSSR count). The molecule has 0 aliphatic carbocycles. The van der Waals surface area contributed by atoms with Gasteiger partial charge in [-0.15, -0.1) is 10.2 Å². The van der Waals surface area contributed by atoms with Crippen molar-refractivity contribution in [2.45, 2.75) is 6.92 Å². The Bertz CT molecular complexity index is 1040. The van der Waals surface area contributed by atoms with Gasteiger partial charge in [0.25, 0.3) is 0 Å². The molecule has 128 valence electrons. The van der Waals surface area contributed by atoms with Gasteiger partial charge in [-0.25, -0.2) is 14.5 Å². The van der Waals surface area contributed by atoms with E-state index in [-0.39, 0.29) is 0 Å². The average Bonchev–Trinajstić information content (AvgIpc) is 3.36. The van der Waals surface area contributed by atoms with Crippen LogP contribution < -0.4 is 4.74 Å². The van der Waals surface area contributed by atoms with Gasteiger partial charge in [-0.2, -0.15) is 5.10 Å². The molecule has 0 N–H and O–H groups in total. The number of aromatic nitrogens is 5. The van der Waals surface area contributed by atoms with Crippen LogP contribution in [-0.2, 0) is 0 Å². The van der Waals surface area contributed by atoms with Crippen molar-refractivity contribution in [3.05, 3.63) is 72.6 Å². The topological polar surface area (TPSA) is 95.9 Å². The number of hydrogen-bond donors (Lipinski definition) is 0. The van der Waals surface area contributed by atoms with E-state index in [1.807, 2.05) is 13.0 Å². The van der Waals surface area contributed by atoms with Gasteiger partial charge in [-0.1, -0.05) is 6.07 Å². The van der Waals surface area contributed by atoms with Gasteiger partial charge >= 0.3 is 5.97 Å². The van der Waals surface area contributed by atoms with E-state index >= 15 is 0 Å². The smallest absolute Gasteiger partial charge is 0.343 e. The lowest BCUT2D eigenvalue weighted by Gasteiger charge is -2.09. The van der Waals surface area contributed by atoms with Crippen molar-refractivity contribution in [1.82, 2.24) is 25.0 Å². The number of carbonyl (C=O) groups excluding carboxylic acids is 1. The highest BCUT2D eigenvalue weighted by Gasteiger charge is 2.14. The summed E-state index contributed by atoms with van der Waals surface area (Å²) in [5.74, 6) is 0.303. The van der Waals surface area contributed by atoms with E-state index in [0.29, 0.717) is 22.8 Å². The normalized spacial score (nSPS) is 10.7. The van der Waals surface area contributed by atoms with Crippen LogP contribution in [0.15, 0.2) is 65.9 Å². The van der Waals surface area contributed by atoms with Crippen molar-refractivity contribution < 1.29 is 13.9 Å². The molecule has 0 amide bonds. The monoisotopic (exact) mass is 347 g/mol. The minimum atomic E-state index is -0.449. The predicted octanol–water partition coefficient (Wildman–Crippen LogP) is 2.84. The Morgan fingerprint density at radius 2 is 2.12 bits per heavy atom. The first-order chi connectivity index (χ1) is 12.7. The molecule has 0 atom stereocenters. The number of hydrogen-bond acceptors (Lipinski definition) is 7. The summed E-state index contributed by atoms with van der Waals surface area (Å²) in [6.45, 7) is 1.84. The van der Waals surface area contributed by atoms with Crippen LogP contribution in [0.2, 0.25) is 0 Å². The standard InChI is InChI=1S/C18H13N5O3/c1-12-7-14(23-10-19-9-21-23)5-6-16(12)18(24)26-15-4-2-3-13(8-15)17-22-20-11-25-17/h2-11H,1H3. The largest absolute Gasteiger partial charge is 0.423 e. The quantitative estimate of drug-likeness (QED) is 0.414. The third kappa shape index (κ3) is 3.07. The molecule has 26 heavy (non-hydrogen) atoms. The summed E-state index contributed by atoms with van der Waals surface area (Å²) in [5, 5.41) is 11.6. The van der Waals surface area contributed by atoms with Crippen LogP contribution in [0.4, 0.5) is 0 Å². The Labute approximate surface area is 148 Å². The molecule has 0 saturated heterocycles. The lowest BCUT2D eigenvalue weighted by Crippen LogP contribution is -2.11. The molecule has 2 heterocycles. The summed E-state index contributed by atoms with van der Waals surface area (Å²) in [4.78, 5) is 16.4. The maximum absolute atomic E-state index is 12.5. The van der Waals surface area contributed by atoms with Crippen molar-refractivity contribution in [3.63, 3.8) is 0 Å². The Hall–Kier alpha value is -3.81. The molecule has 0 unspecified atom stereocenters. The van der Waals surface area contributed by atoms with E-state index in [0.717, 1.165) is 11.3 Å². The number of ether oxygens (including phenoxy) is 1. The third-order valence-corrected chi connectivity index (χ3v) is 3.76. The zero-order valence-corrected chi connectivity index (χ0v) is 13.7. The molecular weight excluding hydrogens is 334 g/mol. The summed E-state index contributed by atoms with van der Waals surface area (Å²) >= 11 is 0. The van der Waals surface area contributed by atoms with Crippen LogP contribution in [0, 0.1) is 6.92 Å². The molecule has 0 aliphatic heterocycles. The van der Waals surface area contributed by atoms with E-state index in [2.05, 4.69) is 20.3 Å². The van der Waals surface area contributed by atoms with E-state index < -0.39 is 5.97 Å². The lowest BCUT2D eigenvalue weighted by atomic mass is 10.1. The van der Waals surface area contributed by atoms with Crippen LogP contribution in [0.5, 0.6) is 5.75 Å². The minimum Gasteiger partial charge on any atom is -0.423 e. The van der Waals surface area contributed by atoms with Crippen LogP contribution in [0.3, 0.4) is 0 Å². The van der Waals surface area contributed by atoms with Crippen molar-refractivity contribution in [2.75, 3.05) is 0 Å². The first-order valence-electron chi connectivity index (χ1n) is 7.75. The first kappa shape index (κ1) is 15.7. The fourth-order valence-electron chi connectivity index (χ4n) is 2.51. The molecule has 8 nitrogen and oxygen atoms in total. The molecule has 0 radical (unpaired) electrons. The highest BCUT2D eigenvalue weighted by Crippen LogP contribution is 2.23. The van der Waals surface area contributed by atoms with E-state index in [9.17, 15) is 4.79 Å². The van der Waals surface area contributed by atoms with Gasteiger partial charge in [0.15, 0.2) is 0 Å². The molecule has 8 heteroatoms. The second kappa shape index (κ2) is 6.60. The van der Waals surface area contributed by atoms with Crippen LogP contribution in [0.25, 0.3) is 17.1 Å². The van der Waals surface area contributed by atoms with Gasteiger partial charge < -0.3 is 9.15 Å². The summed E-state index contributed by atoms with van der Waals surface area (Å²) in [7, 11) is 0. The van der Waals surface area contributed by atoms with Crippen LogP contribution in [-0.4, -0.2) is 30.9 Å². The van der Waals surface area contributed by atoms with E-state index in [4.69, 9.17) is 9.15 Å². The molecular formula is C18H13N5O3.